The summed E-state index contributed by atoms with van der Waals surface area (Å²) in [5.74, 6) is 2.17. The van der Waals surface area contributed by atoms with Crippen molar-refractivity contribution in [3.8, 4) is 0 Å². The Bertz CT molecular complexity index is 223. The van der Waals surface area contributed by atoms with E-state index in [9.17, 15) is 0 Å². The van der Waals surface area contributed by atoms with Gasteiger partial charge in [-0.2, -0.15) is 0 Å². The third kappa shape index (κ3) is 4.22. The SMILES string of the molecule is CCN(CC1C(C)CC(C)CC1N)C(C)COC. The van der Waals surface area contributed by atoms with Crippen molar-refractivity contribution in [1.29, 1.82) is 0 Å². The van der Waals surface area contributed by atoms with Crippen molar-refractivity contribution in [2.75, 3.05) is 26.8 Å². The minimum Gasteiger partial charge on any atom is -0.383 e. The Morgan fingerprint density at radius 1 is 1.33 bits per heavy atom. The second kappa shape index (κ2) is 7.46. The van der Waals surface area contributed by atoms with E-state index >= 15 is 0 Å². The molecule has 0 spiro atoms. The Hall–Kier alpha value is -0.120. The van der Waals surface area contributed by atoms with Crippen LogP contribution in [0.2, 0.25) is 0 Å². The van der Waals surface area contributed by atoms with Crippen LogP contribution in [0.3, 0.4) is 0 Å². The van der Waals surface area contributed by atoms with Crippen LogP contribution in [0.1, 0.15) is 40.5 Å². The van der Waals surface area contributed by atoms with Gasteiger partial charge in [0.1, 0.15) is 0 Å². The molecule has 3 heteroatoms. The van der Waals surface area contributed by atoms with Crippen LogP contribution >= 0.6 is 0 Å². The summed E-state index contributed by atoms with van der Waals surface area (Å²) >= 11 is 0. The number of hydrogen-bond donors (Lipinski definition) is 1. The van der Waals surface area contributed by atoms with Gasteiger partial charge < -0.3 is 10.5 Å². The summed E-state index contributed by atoms with van der Waals surface area (Å²) in [6.07, 6.45) is 2.51. The van der Waals surface area contributed by atoms with E-state index in [1.54, 1.807) is 7.11 Å². The molecule has 5 unspecified atom stereocenters. The molecule has 18 heavy (non-hydrogen) atoms. The summed E-state index contributed by atoms with van der Waals surface area (Å²) in [6, 6.07) is 0.853. The molecule has 0 saturated heterocycles. The second-order valence-electron chi connectivity index (χ2n) is 6.27. The van der Waals surface area contributed by atoms with Crippen molar-refractivity contribution in [3.05, 3.63) is 0 Å². The molecule has 1 aliphatic carbocycles. The van der Waals surface area contributed by atoms with Crippen molar-refractivity contribution in [1.82, 2.24) is 4.90 Å². The van der Waals surface area contributed by atoms with Gasteiger partial charge in [-0.15, -0.1) is 0 Å². The Balaban J connectivity index is 2.57. The maximum absolute atomic E-state index is 6.38. The van der Waals surface area contributed by atoms with E-state index in [2.05, 4.69) is 32.6 Å². The zero-order chi connectivity index (χ0) is 13.7. The average molecular weight is 256 g/mol. The van der Waals surface area contributed by atoms with Crippen LogP contribution in [0.15, 0.2) is 0 Å². The molecule has 2 N–H and O–H groups in total. The Morgan fingerprint density at radius 2 is 2.00 bits per heavy atom. The van der Waals surface area contributed by atoms with Crippen molar-refractivity contribution < 1.29 is 4.74 Å². The first-order valence-corrected chi connectivity index (χ1v) is 7.48. The van der Waals surface area contributed by atoms with E-state index in [4.69, 9.17) is 10.5 Å². The standard InChI is InChI=1S/C15H32N2O/c1-6-17(13(4)10-18-5)9-14-12(3)7-11(2)8-15(14)16/h11-15H,6-10,16H2,1-5H3. The van der Waals surface area contributed by atoms with Crippen LogP contribution in [0.25, 0.3) is 0 Å². The number of hydrogen-bond acceptors (Lipinski definition) is 3. The van der Waals surface area contributed by atoms with Gasteiger partial charge in [0.25, 0.3) is 0 Å². The number of rotatable bonds is 6. The number of methoxy groups -OCH3 is 1. The molecule has 0 heterocycles. The first-order valence-electron chi connectivity index (χ1n) is 7.48. The van der Waals surface area contributed by atoms with Gasteiger partial charge in [-0.1, -0.05) is 20.8 Å². The first-order chi connectivity index (χ1) is 8.49. The van der Waals surface area contributed by atoms with E-state index < -0.39 is 0 Å². The molecule has 1 fully saturated rings. The molecule has 3 nitrogen and oxygen atoms in total. The molecule has 0 bridgehead atoms. The lowest BCUT2D eigenvalue weighted by molar-refractivity contribution is 0.0624. The van der Waals surface area contributed by atoms with Gasteiger partial charge in [-0.05, 0) is 44.1 Å². The van der Waals surface area contributed by atoms with E-state index in [1.807, 2.05) is 0 Å². The molecule has 1 rings (SSSR count). The summed E-state index contributed by atoms with van der Waals surface area (Å²) in [5.41, 5.74) is 6.38. The van der Waals surface area contributed by atoms with E-state index in [-0.39, 0.29) is 0 Å². The molecule has 0 radical (unpaired) electrons. The van der Waals surface area contributed by atoms with Crippen LogP contribution in [0.4, 0.5) is 0 Å². The molecule has 108 valence electrons. The number of nitrogens with two attached hydrogens (primary N) is 1. The van der Waals surface area contributed by atoms with Crippen LogP contribution in [0.5, 0.6) is 0 Å². The second-order valence-corrected chi connectivity index (χ2v) is 6.27. The highest BCUT2D eigenvalue weighted by Crippen LogP contribution is 2.33. The highest BCUT2D eigenvalue weighted by molar-refractivity contribution is 4.88. The monoisotopic (exact) mass is 256 g/mol. The highest BCUT2D eigenvalue weighted by atomic mass is 16.5. The number of likely N-dealkylation sites (N-methyl/N-ethyl adjacent to an activating group) is 1. The van der Waals surface area contributed by atoms with Crippen LogP contribution < -0.4 is 5.73 Å². The van der Waals surface area contributed by atoms with Crippen LogP contribution in [-0.2, 0) is 4.74 Å². The van der Waals surface area contributed by atoms with E-state index in [0.717, 1.165) is 31.5 Å². The smallest absolute Gasteiger partial charge is 0.0615 e. The van der Waals surface area contributed by atoms with Crippen LogP contribution in [-0.4, -0.2) is 43.8 Å². The summed E-state index contributed by atoms with van der Waals surface area (Å²) in [4.78, 5) is 2.51. The molecule has 0 aromatic rings. The van der Waals surface area contributed by atoms with Gasteiger partial charge in [0.15, 0.2) is 0 Å². The van der Waals surface area contributed by atoms with Crippen molar-refractivity contribution in [3.63, 3.8) is 0 Å². The third-order valence-corrected chi connectivity index (χ3v) is 4.61. The quantitative estimate of drug-likeness (QED) is 0.793. The van der Waals surface area contributed by atoms with Crippen molar-refractivity contribution >= 4 is 0 Å². The van der Waals surface area contributed by atoms with Gasteiger partial charge in [0.05, 0.1) is 6.61 Å². The maximum Gasteiger partial charge on any atom is 0.0615 e. The van der Waals surface area contributed by atoms with Crippen LogP contribution in [0, 0.1) is 17.8 Å². The molecule has 1 aliphatic rings. The Morgan fingerprint density at radius 3 is 2.50 bits per heavy atom. The van der Waals surface area contributed by atoms with Gasteiger partial charge >= 0.3 is 0 Å². The minimum atomic E-state index is 0.368. The fourth-order valence-electron chi connectivity index (χ4n) is 3.52. The average Bonchev–Trinajstić information content (AvgIpc) is 2.28. The normalized spacial score (nSPS) is 34.8. The first kappa shape index (κ1) is 15.9. The summed E-state index contributed by atoms with van der Waals surface area (Å²) < 4.78 is 5.27. The molecule has 0 aromatic carbocycles. The fourth-order valence-corrected chi connectivity index (χ4v) is 3.52. The number of nitrogens with zero attached hydrogens (tertiary/aromatic N) is 1. The maximum atomic E-state index is 6.38. The lowest BCUT2D eigenvalue weighted by Crippen LogP contribution is -2.49. The van der Waals surface area contributed by atoms with E-state index in [0.29, 0.717) is 18.0 Å². The fraction of sp³-hybridized carbons (Fsp3) is 1.00. The summed E-state index contributed by atoms with van der Waals surface area (Å²) in [5, 5.41) is 0. The minimum absolute atomic E-state index is 0.368. The largest absolute Gasteiger partial charge is 0.383 e. The van der Waals surface area contributed by atoms with Crippen molar-refractivity contribution in [2.45, 2.75) is 52.6 Å². The number of ether oxygens (including phenoxy) is 1. The van der Waals surface area contributed by atoms with Gasteiger partial charge in [0, 0.05) is 25.7 Å². The van der Waals surface area contributed by atoms with Crippen molar-refractivity contribution in [2.24, 2.45) is 23.5 Å². The van der Waals surface area contributed by atoms with Gasteiger partial charge in [-0.25, -0.2) is 0 Å². The van der Waals surface area contributed by atoms with Gasteiger partial charge in [0.2, 0.25) is 0 Å². The highest BCUT2D eigenvalue weighted by Gasteiger charge is 2.33. The summed E-state index contributed by atoms with van der Waals surface area (Å²) in [7, 11) is 1.78. The van der Waals surface area contributed by atoms with E-state index in [1.165, 1.54) is 12.8 Å². The molecular weight excluding hydrogens is 224 g/mol. The molecule has 5 atom stereocenters. The molecular formula is C15H32N2O. The predicted octanol–water partition coefficient (Wildman–Crippen LogP) is 2.35. The Kier molecular flexibility index (Phi) is 6.61. The lowest BCUT2D eigenvalue weighted by Gasteiger charge is -2.41. The molecule has 0 amide bonds. The third-order valence-electron chi connectivity index (χ3n) is 4.61. The summed E-state index contributed by atoms with van der Waals surface area (Å²) in [6.45, 7) is 12.2. The predicted molar refractivity (Wildman–Crippen MR) is 77.6 cm³/mol. The zero-order valence-corrected chi connectivity index (χ0v) is 12.9. The molecule has 0 aromatic heterocycles. The Labute approximate surface area is 113 Å². The topological polar surface area (TPSA) is 38.5 Å². The van der Waals surface area contributed by atoms with Gasteiger partial charge in [-0.3, -0.25) is 4.90 Å². The molecule has 1 saturated carbocycles. The zero-order valence-electron chi connectivity index (χ0n) is 12.9. The lowest BCUT2D eigenvalue weighted by atomic mass is 9.72. The molecule has 0 aliphatic heterocycles.